The van der Waals surface area contributed by atoms with Crippen LogP contribution < -0.4 is 10.5 Å². The van der Waals surface area contributed by atoms with Gasteiger partial charge in [0.2, 0.25) is 10.0 Å². The molecule has 2 aromatic heterocycles. The Morgan fingerprint density at radius 1 is 0.959 bits per heavy atom. The van der Waals surface area contributed by atoms with E-state index in [9.17, 15) is 18.0 Å². The fourth-order valence-electron chi connectivity index (χ4n) is 6.36. The van der Waals surface area contributed by atoms with Crippen LogP contribution in [0.1, 0.15) is 31.0 Å². The van der Waals surface area contributed by atoms with Crippen LogP contribution in [0.15, 0.2) is 106 Å². The molecule has 10 nitrogen and oxygen atoms in total. The zero-order chi connectivity index (χ0) is 34.4. The maximum absolute atomic E-state index is 14.1. The maximum Gasteiger partial charge on any atom is 0.296 e. The quantitative estimate of drug-likeness (QED) is 0.147. The smallest absolute Gasteiger partial charge is 0.283 e. The minimum atomic E-state index is -3.72. The van der Waals surface area contributed by atoms with Crippen molar-refractivity contribution in [2.75, 3.05) is 18.0 Å². The van der Waals surface area contributed by atoms with Crippen molar-refractivity contribution in [2.45, 2.75) is 31.6 Å². The third-order valence-corrected chi connectivity index (χ3v) is 12.1. The van der Waals surface area contributed by atoms with Crippen molar-refractivity contribution < 1.29 is 13.2 Å². The van der Waals surface area contributed by atoms with Crippen LogP contribution in [-0.2, 0) is 21.9 Å². The fourth-order valence-corrected chi connectivity index (χ4v) is 9.27. The van der Waals surface area contributed by atoms with Crippen LogP contribution in [0.25, 0.3) is 28.7 Å². The Balaban J connectivity index is 1.30. The Kier molecular flexibility index (Phi) is 8.78. The largest absolute Gasteiger partial charge is 0.296 e. The van der Waals surface area contributed by atoms with E-state index in [4.69, 9.17) is 17.3 Å². The van der Waals surface area contributed by atoms with Gasteiger partial charge in [-0.25, -0.2) is 17.8 Å². The average Bonchev–Trinajstić information content (AvgIpc) is 3.72. The molecule has 5 aromatic rings. The van der Waals surface area contributed by atoms with E-state index in [2.05, 4.69) is 6.92 Å². The summed E-state index contributed by atoms with van der Waals surface area (Å²) >= 11 is 6.80. The molecule has 3 aromatic carbocycles. The lowest BCUT2D eigenvalue weighted by Gasteiger charge is -2.30. The summed E-state index contributed by atoms with van der Waals surface area (Å²) in [6.07, 6.45) is 5.35. The molecule has 0 aliphatic carbocycles. The summed E-state index contributed by atoms with van der Waals surface area (Å²) in [6, 6.07) is 25.5. The normalized spacial score (nSPS) is 18.1. The zero-order valence-electron chi connectivity index (χ0n) is 27.2. The minimum Gasteiger partial charge on any atom is -0.283 e. The zero-order valence-corrected chi connectivity index (χ0v) is 29.6. The first-order valence-corrected chi connectivity index (χ1v) is 18.6. The molecule has 0 spiro atoms. The molecule has 7 rings (SSSR count). The summed E-state index contributed by atoms with van der Waals surface area (Å²) in [4.78, 5) is 29.7. The van der Waals surface area contributed by atoms with Crippen molar-refractivity contribution in [2.24, 2.45) is 13.0 Å². The maximum atomic E-state index is 14.1. The molecule has 250 valence electrons. The second-order valence-electron chi connectivity index (χ2n) is 12.3. The van der Waals surface area contributed by atoms with Gasteiger partial charge in [0.25, 0.3) is 11.5 Å². The monoisotopic (exact) mass is 710 g/mol. The van der Waals surface area contributed by atoms with Gasteiger partial charge in [-0.05, 0) is 68.2 Å². The number of para-hydroxylation sites is 2. The molecule has 2 aliphatic heterocycles. The number of anilines is 1. The second-order valence-corrected chi connectivity index (χ2v) is 15.9. The van der Waals surface area contributed by atoms with Gasteiger partial charge >= 0.3 is 0 Å². The highest BCUT2D eigenvalue weighted by Gasteiger charge is 2.38. The van der Waals surface area contributed by atoms with E-state index in [1.54, 1.807) is 58.1 Å². The Morgan fingerprint density at radius 2 is 1.65 bits per heavy atom. The molecule has 1 unspecified atom stereocenters. The van der Waals surface area contributed by atoms with Crippen LogP contribution in [0.4, 0.5) is 5.69 Å². The number of carbonyl (C=O) groups excluding carboxylic acids is 1. The molecular formula is C36H34N6O4S3. The molecule has 0 N–H and O–H groups in total. The highest BCUT2D eigenvalue weighted by molar-refractivity contribution is 8.27. The van der Waals surface area contributed by atoms with Gasteiger partial charge in [0.15, 0.2) is 4.32 Å². The van der Waals surface area contributed by atoms with Crippen molar-refractivity contribution >= 4 is 56.0 Å². The highest BCUT2D eigenvalue weighted by atomic mass is 32.2. The lowest BCUT2D eigenvalue weighted by molar-refractivity contribution is -0.113. The lowest BCUT2D eigenvalue weighted by Crippen LogP contribution is -2.39. The molecule has 2 aliphatic rings. The first-order valence-electron chi connectivity index (χ1n) is 15.9. The first kappa shape index (κ1) is 33.0. The second kappa shape index (κ2) is 13.0. The van der Waals surface area contributed by atoms with E-state index in [1.165, 1.54) is 9.58 Å². The van der Waals surface area contributed by atoms with Gasteiger partial charge < -0.3 is 0 Å². The first-order chi connectivity index (χ1) is 23.5. The Labute approximate surface area is 294 Å². The van der Waals surface area contributed by atoms with E-state index in [0.29, 0.717) is 52.1 Å². The van der Waals surface area contributed by atoms with Gasteiger partial charge in [0.05, 0.1) is 26.9 Å². The topological polar surface area (TPSA) is 102 Å². The third kappa shape index (κ3) is 6.01. The Hall–Kier alpha value is -4.56. The number of thioether (sulfide) groups is 1. The summed E-state index contributed by atoms with van der Waals surface area (Å²) < 4.78 is 34.2. The molecule has 1 amide bonds. The van der Waals surface area contributed by atoms with E-state index in [-0.39, 0.29) is 20.5 Å². The van der Waals surface area contributed by atoms with E-state index in [1.807, 2.05) is 66.7 Å². The van der Waals surface area contributed by atoms with E-state index >= 15 is 0 Å². The molecule has 0 saturated carbocycles. The molecule has 2 fully saturated rings. The van der Waals surface area contributed by atoms with E-state index < -0.39 is 15.9 Å². The van der Waals surface area contributed by atoms with Crippen LogP contribution in [0.3, 0.4) is 0 Å². The predicted octanol–water partition coefficient (Wildman–Crippen LogP) is 6.16. The molecule has 0 radical (unpaired) electrons. The number of benzene rings is 3. The Morgan fingerprint density at radius 3 is 2.35 bits per heavy atom. The number of nitrogens with zero attached hydrogens (tertiary/aromatic N) is 6. The fraction of sp³-hybridized carbons (Fsp3) is 0.222. The van der Waals surface area contributed by atoms with Crippen molar-refractivity contribution in [1.29, 1.82) is 0 Å². The molecule has 49 heavy (non-hydrogen) atoms. The number of hydrogen-bond acceptors (Lipinski definition) is 7. The van der Waals surface area contributed by atoms with E-state index in [0.717, 1.165) is 30.3 Å². The van der Waals surface area contributed by atoms with Gasteiger partial charge in [0.1, 0.15) is 11.4 Å². The summed E-state index contributed by atoms with van der Waals surface area (Å²) in [7, 11) is -1.95. The van der Waals surface area contributed by atoms with Crippen LogP contribution in [0.2, 0.25) is 0 Å². The van der Waals surface area contributed by atoms with Crippen molar-refractivity contribution in [1.82, 2.24) is 23.4 Å². The predicted molar refractivity (Wildman–Crippen MR) is 198 cm³/mol. The highest BCUT2D eigenvalue weighted by Crippen LogP contribution is 2.38. The number of piperidine rings is 1. The van der Waals surface area contributed by atoms with Crippen LogP contribution in [-0.4, -0.2) is 55.2 Å². The molecule has 0 bridgehead atoms. The average molecular weight is 711 g/mol. The lowest BCUT2D eigenvalue weighted by atomic mass is 10.0. The number of rotatable bonds is 7. The summed E-state index contributed by atoms with van der Waals surface area (Å²) in [6.45, 7) is 4.83. The molecule has 1 atom stereocenters. The summed E-state index contributed by atoms with van der Waals surface area (Å²) in [5.41, 5.74) is 3.57. The van der Waals surface area contributed by atoms with Crippen molar-refractivity contribution in [3.8, 4) is 22.6 Å². The van der Waals surface area contributed by atoms with Gasteiger partial charge in [-0.2, -0.15) is 9.40 Å². The van der Waals surface area contributed by atoms with Crippen LogP contribution in [0.5, 0.6) is 0 Å². The summed E-state index contributed by atoms with van der Waals surface area (Å²) in [5, 5.41) is 4.88. The number of amides is 1. The number of carbonyl (C=O) groups is 1. The number of sulfonamides is 1. The molecule has 13 heteroatoms. The third-order valence-electron chi connectivity index (χ3n) is 8.96. The van der Waals surface area contributed by atoms with Crippen LogP contribution in [0, 0.1) is 12.8 Å². The van der Waals surface area contributed by atoms with Crippen molar-refractivity contribution in [3.63, 3.8) is 0 Å². The number of thiocarbonyl (C=S) groups is 1. The van der Waals surface area contributed by atoms with Gasteiger partial charge in [-0.1, -0.05) is 79.4 Å². The van der Waals surface area contributed by atoms with Crippen molar-refractivity contribution in [3.05, 3.63) is 118 Å². The van der Waals surface area contributed by atoms with Gasteiger partial charge in [-0.15, -0.1) is 0 Å². The number of aromatic nitrogens is 4. The molecule has 4 heterocycles. The minimum absolute atomic E-state index is 0.194. The number of hydrogen-bond donors (Lipinski definition) is 0. The molecular weight excluding hydrogens is 677 g/mol. The van der Waals surface area contributed by atoms with Gasteiger partial charge in [0, 0.05) is 37.5 Å². The molecule has 2 saturated heterocycles. The SMILES string of the molecule is Cc1c(N2C(=O)C(=Cc3cn(-c4ccccc4)nc3-c3cccc(S(=O)(=O)N4CCCC(C)C4)c3)SC2=S)c(=O)n(-c2ccccc2)n1C. The summed E-state index contributed by atoms with van der Waals surface area (Å²) in [5.74, 6) is -0.130. The Bertz CT molecular complexity index is 2290. The van der Waals surface area contributed by atoms with Crippen LogP contribution >= 0.6 is 24.0 Å². The standard InChI is InChI=1S/C36H34N6O4S3/c1-24-12-11-19-39(22-24)49(45,46)30-18-10-13-26(20-30)32-27(23-40(37-32)28-14-6-4-7-15-28)21-31-34(43)41(36(47)48-31)33-25(2)38(3)42(35(33)44)29-16-8-5-9-17-29/h4-10,13-18,20-21,23-24H,11-12,19,22H2,1-3H3. The van der Waals surface area contributed by atoms with Gasteiger partial charge in [-0.3, -0.25) is 19.2 Å².